The summed E-state index contributed by atoms with van der Waals surface area (Å²) in [5, 5.41) is 12.3. The summed E-state index contributed by atoms with van der Waals surface area (Å²) in [6, 6.07) is 2.13. The number of hydrogen-bond donors (Lipinski definition) is 1. The molecule has 0 amide bonds. The van der Waals surface area contributed by atoms with Gasteiger partial charge in [0.25, 0.3) is 0 Å². The van der Waals surface area contributed by atoms with Crippen LogP contribution in [0, 0.1) is 17.3 Å². The molecular formula is C19H28BrNO2S. The number of rotatable bonds is 8. The SMILES string of the molecule is CN(Cc1cc(Br)cs1)CC(O)COCC1=CCC2CC1C2(C)C. The maximum absolute atomic E-state index is 10.2. The Hall–Kier alpha value is -0.200. The van der Waals surface area contributed by atoms with E-state index in [4.69, 9.17) is 4.74 Å². The summed E-state index contributed by atoms with van der Waals surface area (Å²) < 4.78 is 6.96. The minimum absolute atomic E-state index is 0.409. The maximum atomic E-state index is 10.2. The normalized spacial score (nSPS) is 26.2. The maximum Gasteiger partial charge on any atom is 0.0900 e. The zero-order valence-corrected chi connectivity index (χ0v) is 17.2. The van der Waals surface area contributed by atoms with E-state index in [0.717, 1.165) is 16.9 Å². The fourth-order valence-corrected chi connectivity index (χ4v) is 5.66. The lowest BCUT2D eigenvalue weighted by Gasteiger charge is -2.56. The van der Waals surface area contributed by atoms with Gasteiger partial charge in [-0.15, -0.1) is 11.3 Å². The lowest BCUT2D eigenvalue weighted by molar-refractivity contribution is -0.0257. The van der Waals surface area contributed by atoms with Gasteiger partial charge in [-0.05, 0) is 64.7 Å². The van der Waals surface area contributed by atoms with Crippen molar-refractivity contribution in [2.75, 3.05) is 26.8 Å². The van der Waals surface area contributed by atoms with Gasteiger partial charge >= 0.3 is 0 Å². The fraction of sp³-hybridized carbons (Fsp3) is 0.684. The first-order chi connectivity index (χ1) is 11.4. The van der Waals surface area contributed by atoms with Crippen molar-refractivity contribution in [3.05, 3.63) is 32.4 Å². The quantitative estimate of drug-likeness (QED) is 0.644. The van der Waals surface area contributed by atoms with E-state index in [0.29, 0.717) is 31.1 Å². The highest BCUT2D eigenvalue weighted by molar-refractivity contribution is 9.10. The summed E-state index contributed by atoms with van der Waals surface area (Å²) in [5.41, 5.74) is 1.90. The number of halogens is 1. The van der Waals surface area contributed by atoms with Gasteiger partial charge in [-0.25, -0.2) is 0 Å². The molecule has 134 valence electrons. The third-order valence-corrected chi connectivity index (χ3v) is 7.41. The Bertz CT molecular complexity index is 598. The number of fused-ring (bicyclic) bond motifs is 1. The van der Waals surface area contributed by atoms with Crippen molar-refractivity contribution < 1.29 is 9.84 Å². The molecule has 4 rings (SSSR count). The van der Waals surface area contributed by atoms with Crippen molar-refractivity contribution in [1.29, 1.82) is 0 Å². The molecule has 1 N–H and O–H groups in total. The summed E-state index contributed by atoms with van der Waals surface area (Å²) in [6.07, 6.45) is 4.45. The number of hydrogen-bond acceptors (Lipinski definition) is 4. The van der Waals surface area contributed by atoms with E-state index in [-0.39, 0.29) is 0 Å². The van der Waals surface area contributed by atoms with Crippen LogP contribution in [0.3, 0.4) is 0 Å². The molecule has 2 bridgehead atoms. The lowest BCUT2D eigenvalue weighted by Crippen LogP contribution is -2.48. The van der Waals surface area contributed by atoms with Crippen LogP contribution in [0.2, 0.25) is 0 Å². The average molecular weight is 414 g/mol. The molecule has 3 unspecified atom stereocenters. The summed E-state index contributed by atoms with van der Waals surface area (Å²) in [6.45, 7) is 7.34. The molecule has 1 aromatic rings. The Labute approximate surface area is 157 Å². The molecule has 3 aliphatic carbocycles. The molecule has 3 atom stereocenters. The van der Waals surface area contributed by atoms with Gasteiger partial charge < -0.3 is 9.84 Å². The predicted octanol–water partition coefficient (Wildman–Crippen LogP) is 4.31. The number of thiophene rings is 1. The van der Waals surface area contributed by atoms with Gasteiger partial charge in [-0.2, -0.15) is 0 Å². The first-order valence-corrected chi connectivity index (χ1v) is 10.4. The monoisotopic (exact) mass is 413 g/mol. The van der Waals surface area contributed by atoms with Crippen molar-refractivity contribution in [3.63, 3.8) is 0 Å². The highest BCUT2D eigenvalue weighted by Gasteiger charge is 2.50. The second kappa shape index (κ2) is 7.58. The standard InChI is InChI=1S/C19H28BrNO2S/c1-19(2)14-5-4-13(18(19)6-14)10-23-11-16(22)8-21(3)9-17-7-15(20)12-24-17/h4,7,12,14,16,18,22H,5-6,8-11H2,1-3H3. The zero-order chi connectivity index (χ0) is 17.3. The van der Waals surface area contributed by atoms with Gasteiger partial charge in [0.2, 0.25) is 0 Å². The molecule has 0 aromatic carbocycles. The highest BCUT2D eigenvalue weighted by Crippen LogP contribution is 2.59. The Morgan fingerprint density at radius 1 is 1.50 bits per heavy atom. The van der Waals surface area contributed by atoms with Gasteiger partial charge in [0.05, 0.1) is 19.3 Å². The van der Waals surface area contributed by atoms with Crippen molar-refractivity contribution >= 4 is 27.3 Å². The molecule has 0 aliphatic heterocycles. The van der Waals surface area contributed by atoms with E-state index in [1.54, 1.807) is 11.3 Å². The molecule has 1 heterocycles. The summed E-state index contributed by atoms with van der Waals surface area (Å²) in [4.78, 5) is 3.44. The Morgan fingerprint density at radius 2 is 2.29 bits per heavy atom. The fourth-order valence-electron chi connectivity index (χ4n) is 4.13. The van der Waals surface area contributed by atoms with Crippen molar-refractivity contribution in [2.24, 2.45) is 17.3 Å². The van der Waals surface area contributed by atoms with Gasteiger partial charge in [0, 0.05) is 27.8 Å². The van der Waals surface area contributed by atoms with Crippen molar-refractivity contribution in [1.82, 2.24) is 4.90 Å². The molecule has 1 fully saturated rings. The third-order valence-electron chi connectivity index (χ3n) is 5.73. The smallest absolute Gasteiger partial charge is 0.0900 e. The number of likely N-dealkylation sites (N-methyl/N-ethyl adjacent to an activating group) is 1. The van der Waals surface area contributed by atoms with Crippen molar-refractivity contribution in [3.8, 4) is 0 Å². The minimum atomic E-state index is -0.440. The highest BCUT2D eigenvalue weighted by atomic mass is 79.9. The number of aliphatic hydroxyl groups excluding tert-OH is 1. The average Bonchev–Trinajstić information content (AvgIpc) is 2.92. The topological polar surface area (TPSA) is 32.7 Å². The molecule has 1 saturated carbocycles. The van der Waals surface area contributed by atoms with E-state index in [9.17, 15) is 5.11 Å². The van der Waals surface area contributed by atoms with E-state index < -0.39 is 6.10 Å². The Balaban J connectivity index is 1.37. The van der Waals surface area contributed by atoms with Crippen LogP contribution < -0.4 is 0 Å². The molecule has 5 heteroatoms. The molecular weight excluding hydrogens is 386 g/mol. The van der Waals surface area contributed by atoms with Gasteiger partial charge in [-0.1, -0.05) is 19.9 Å². The van der Waals surface area contributed by atoms with Gasteiger partial charge in [0.15, 0.2) is 0 Å². The molecule has 3 aliphatic rings. The van der Waals surface area contributed by atoms with Crippen LogP contribution >= 0.6 is 27.3 Å². The number of ether oxygens (including phenoxy) is 1. The first kappa shape index (κ1) is 18.6. The third kappa shape index (κ3) is 4.13. The zero-order valence-electron chi connectivity index (χ0n) is 14.8. The molecule has 1 aromatic heterocycles. The minimum Gasteiger partial charge on any atom is -0.389 e. The van der Waals surface area contributed by atoms with Gasteiger partial charge in [0.1, 0.15) is 0 Å². The van der Waals surface area contributed by atoms with Gasteiger partial charge in [-0.3, -0.25) is 4.90 Å². The van der Waals surface area contributed by atoms with Crippen LogP contribution in [0.5, 0.6) is 0 Å². The molecule has 0 spiro atoms. The lowest BCUT2D eigenvalue weighted by atomic mass is 9.49. The van der Waals surface area contributed by atoms with Crippen LogP contribution in [0.4, 0.5) is 0 Å². The summed E-state index contributed by atoms with van der Waals surface area (Å²) in [5.74, 6) is 1.55. The van der Waals surface area contributed by atoms with Crippen LogP contribution in [-0.4, -0.2) is 42.9 Å². The van der Waals surface area contributed by atoms with E-state index in [2.05, 4.69) is 52.2 Å². The largest absolute Gasteiger partial charge is 0.389 e. The second-order valence-corrected chi connectivity index (χ2v) is 9.83. The molecule has 24 heavy (non-hydrogen) atoms. The van der Waals surface area contributed by atoms with E-state index in [1.807, 2.05) is 7.05 Å². The van der Waals surface area contributed by atoms with E-state index in [1.165, 1.54) is 23.3 Å². The molecule has 0 saturated heterocycles. The summed E-state index contributed by atoms with van der Waals surface area (Å²) in [7, 11) is 2.04. The van der Waals surface area contributed by atoms with Crippen LogP contribution in [-0.2, 0) is 11.3 Å². The number of allylic oxidation sites excluding steroid dienone is 1. The van der Waals surface area contributed by atoms with Crippen LogP contribution in [0.1, 0.15) is 31.6 Å². The van der Waals surface area contributed by atoms with Crippen molar-refractivity contribution in [2.45, 2.75) is 39.3 Å². The second-order valence-electron chi connectivity index (χ2n) is 7.92. The van der Waals surface area contributed by atoms with E-state index >= 15 is 0 Å². The summed E-state index contributed by atoms with van der Waals surface area (Å²) >= 11 is 5.22. The first-order valence-electron chi connectivity index (χ1n) is 8.72. The van der Waals surface area contributed by atoms with Crippen LogP contribution in [0.15, 0.2) is 27.6 Å². The number of aliphatic hydroxyl groups is 1. The Kier molecular flexibility index (Phi) is 5.87. The Morgan fingerprint density at radius 3 is 2.92 bits per heavy atom. The number of nitrogens with zero attached hydrogens (tertiary/aromatic N) is 1. The molecule has 3 nitrogen and oxygen atoms in total. The van der Waals surface area contributed by atoms with Crippen LogP contribution in [0.25, 0.3) is 0 Å². The predicted molar refractivity (Wildman–Crippen MR) is 103 cm³/mol. The molecule has 0 radical (unpaired) electrons.